The Balaban J connectivity index is 2.02. The highest BCUT2D eigenvalue weighted by Crippen LogP contribution is 2.52. The second-order valence-electron chi connectivity index (χ2n) is 7.31. The number of rotatable bonds is 6. The molecule has 0 spiro atoms. The number of nitrogens with one attached hydrogen (secondary N) is 2. The molecular formula is C17H33N3O2. The van der Waals surface area contributed by atoms with E-state index in [0.717, 1.165) is 38.4 Å². The third-order valence-corrected chi connectivity index (χ3v) is 5.58. The van der Waals surface area contributed by atoms with Crippen molar-refractivity contribution in [2.24, 2.45) is 16.3 Å². The van der Waals surface area contributed by atoms with E-state index in [9.17, 15) is 5.11 Å². The molecule has 1 aliphatic carbocycles. The quantitative estimate of drug-likeness (QED) is 0.518. The van der Waals surface area contributed by atoms with E-state index in [0.29, 0.717) is 24.6 Å². The van der Waals surface area contributed by atoms with Crippen molar-refractivity contribution >= 4 is 5.96 Å². The summed E-state index contributed by atoms with van der Waals surface area (Å²) in [5.41, 5.74) is -0.570. The molecule has 0 aromatic carbocycles. The van der Waals surface area contributed by atoms with E-state index < -0.39 is 5.60 Å². The molecule has 1 saturated carbocycles. The summed E-state index contributed by atoms with van der Waals surface area (Å²) >= 11 is 0. The predicted octanol–water partition coefficient (Wildman–Crippen LogP) is 1.91. The van der Waals surface area contributed by atoms with E-state index in [2.05, 4.69) is 36.4 Å². The monoisotopic (exact) mass is 311 g/mol. The number of hydrogen-bond donors (Lipinski definition) is 3. The summed E-state index contributed by atoms with van der Waals surface area (Å²) in [5, 5.41) is 17.3. The Morgan fingerprint density at radius 3 is 2.59 bits per heavy atom. The van der Waals surface area contributed by atoms with Gasteiger partial charge in [0, 0.05) is 30.5 Å². The van der Waals surface area contributed by atoms with Crippen LogP contribution in [0.4, 0.5) is 0 Å². The first-order chi connectivity index (χ1) is 10.4. The van der Waals surface area contributed by atoms with Gasteiger partial charge in [0.15, 0.2) is 5.96 Å². The average molecular weight is 311 g/mol. The van der Waals surface area contributed by atoms with Crippen molar-refractivity contribution in [1.82, 2.24) is 10.6 Å². The minimum absolute atomic E-state index is 0.128. The van der Waals surface area contributed by atoms with Gasteiger partial charge in [0.2, 0.25) is 0 Å². The van der Waals surface area contributed by atoms with Gasteiger partial charge in [-0.3, -0.25) is 4.99 Å². The van der Waals surface area contributed by atoms with Crippen LogP contribution in [0.2, 0.25) is 0 Å². The molecule has 128 valence electrons. The summed E-state index contributed by atoms with van der Waals surface area (Å²) in [5.74, 6) is 1.39. The summed E-state index contributed by atoms with van der Waals surface area (Å²) in [4.78, 5) is 4.63. The van der Waals surface area contributed by atoms with Gasteiger partial charge in [-0.1, -0.05) is 27.7 Å². The Bertz CT molecular complexity index is 405. The number of aliphatic hydroxyl groups is 1. The van der Waals surface area contributed by atoms with Crippen LogP contribution in [0.25, 0.3) is 0 Å². The van der Waals surface area contributed by atoms with Gasteiger partial charge in [-0.2, -0.15) is 0 Å². The molecule has 0 amide bonds. The first-order valence-electron chi connectivity index (χ1n) is 8.76. The molecule has 3 unspecified atom stereocenters. The van der Waals surface area contributed by atoms with Crippen molar-refractivity contribution in [3.63, 3.8) is 0 Å². The summed E-state index contributed by atoms with van der Waals surface area (Å²) in [7, 11) is 0. The molecular weight excluding hydrogens is 278 g/mol. The van der Waals surface area contributed by atoms with Crippen molar-refractivity contribution in [2.45, 2.75) is 71.6 Å². The zero-order valence-electron chi connectivity index (χ0n) is 14.8. The molecule has 1 aliphatic heterocycles. The molecule has 0 aromatic rings. The molecule has 5 nitrogen and oxygen atoms in total. The van der Waals surface area contributed by atoms with Crippen LogP contribution in [0.1, 0.15) is 53.9 Å². The molecule has 0 bridgehead atoms. The summed E-state index contributed by atoms with van der Waals surface area (Å²) in [6, 6.07) is 0.383. The zero-order valence-corrected chi connectivity index (χ0v) is 14.8. The first-order valence-corrected chi connectivity index (χ1v) is 8.76. The lowest BCUT2D eigenvalue weighted by atomic mass is 9.57. The van der Waals surface area contributed by atoms with E-state index in [1.54, 1.807) is 0 Å². The van der Waals surface area contributed by atoms with Gasteiger partial charge in [-0.15, -0.1) is 0 Å². The highest BCUT2D eigenvalue weighted by atomic mass is 16.5. The maximum atomic E-state index is 10.4. The normalized spacial score (nSPS) is 30.6. The number of hydrogen-bond acceptors (Lipinski definition) is 3. The minimum Gasteiger partial charge on any atom is -0.388 e. The highest BCUT2D eigenvalue weighted by Gasteiger charge is 2.59. The van der Waals surface area contributed by atoms with E-state index >= 15 is 0 Å². The summed E-state index contributed by atoms with van der Waals surface area (Å²) < 4.78 is 5.85. The fourth-order valence-corrected chi connectivity index (χ4v) is 3.78. The SMILES string of the molecule is CCNC(=NCC(O)(CC)CC)NC1C2CCOC2C1(C)C. The van der Waals surface area contributed by atoms with E-state index in [1.165, 1.54) is 0 Å². The molecule has 3 atom stereocenters. The molecule has 2 rings (SSSR count). The standard InChI is InChI=1S/C17H33N3O2/c1-6-17(21,7-2)11-19-15(18-8-3)20-13-12-9-10-22-14(12)16(13,4)5/h12-14,21H,6-11H2,1-5H3,(H2,18,19,20). The van der Waals surface area contributed by atoms with Crippen LogP contribution in [0, 0.1) is 11.3 Å². The van der Waals surface area contributed by atoms with Crippen LogP contribution in [-0.2, 0) is 4.74 Å². The predicted molar refractivity (Wildman–Crippen MR) is 90.1 cm³/mol. The topological polar surface area (TPSA) is 65.9 Å². The van der Waals surface area contributed by atoms with E-state index in [4.69, 9.17) is 4.74 Å². The Labute approximate surface area is 134 Å². The van der Waals surface area contributed by atoms with Crippen molar-refractivity contribution in [2.75, 3.05) is 19.7 Å². The minimum atomic E-state index is -0.698. The van der Waals surface area contributed by atoms with Crippen molar-refractivity contribution in [3.05, 3.63) is 0 Å². The van der Waals surface area contributed by atoms with Gasteiger partial charge in [-0.05, 0) is 26.2 Å². The van der Waals surface area contributed by atoms with Crippen LogP contribution in [0.15, 0.2) is 4.99 Å². The third-order valence-electron chi connectivity index (χ3n) is 5.58. The fraction of sp³-hybridized carbons (Fsp3) is 0.941. The number of ether oxygens (including phenoxy) is 1. The van der Waals surface area contributed by atoms with Gasteiger partial charge in [0.1, 0.15) is 0 Å². The first kappa shape index (κ1) is 17.5. The van der Waals surface area contributed by atoms with Gasteiger partial charge in [0.25, 0.3) is 0 Å². The molecule has 0 radical (unpaired) electrons. The van der Waals surface area contributed by atoms with Gasteiger partial charge < -0.3 is 20.5 Å². The maximum Gasteiger partial charge on any atom is 0.191 e. The largest absolute Gasteiger partial charge is 0.388 e. The number of nitrogens with zero attached hydrogens (tertiary/aromatic N) is 1. The lowest BCUT2D eigenvalue weighted by molar-refractivity contribution is -0.106. The Morgan fingerprint density at radius 1 is 1.32 bits per heavy atom. The van der Waals surface area contributed by atoms with Gasteiger partial charge in [0.05, 0.1) is 18.2 Å². The third kappa shape index (κ3) is 3.25. The van der Waals surface area contributed by atoms with Gasteiger partial charge >= 0.3 is 0 Å². The second kappa shape index (κ2) is 6.75. The lowest BCUT2D eigenvalue weighted by Crippen LogP contribution is -2.68. The average Bonchev–Trinajstić information content (AvgIpc) is 2.96. The molecule has 3 N–H and O–H groups in total. The number of guanidine groups is 1. The zero-order chi connectivity index (χ0) is 16.4. The smallest absolute Gasteiger partial charge is 0.191 e. The Kier molecular flexibility index (Phi) is 5.38. The lowest BCUT2D eigenvalue weighted by Gasteiger charge is -2.55. The van der Waals surface area contributed by atoms with Crippen molar-refractivity contribution in [3.8, 4) is 0 Å². The maximum absolute atomic E-state index is 10.4. The molecule has 22 heavy (non-hydrogen) atoms. The number of fused-ring (bicyclic) bond motifs is 1. The van der Waals surface area contributed by atoms with Crippen LogP contribution in [-0.4, -0.2) is 48.5 Å². The molecule has 5 heteroatoms. The van der Waals surface area contributed by atoms with Crippen LogP contribution < -0.4 is 10.6 Å². The second-order valence-corrected chi connectivity index (χ2v) is 7.31. The molecule has 1 heterocycles. The highest BCUT2D eigenvalue weighted by molar-refractivity contribution is 5.80. The molecule has 1 saturated heterocycles. The van der Waals surface area contributed by atoms with Crippen LogP contribution >= 0.6 is 0 Å². The molecule has 2 fully saturated rings. The molecule has 0 aromatic heterocycles. The Hall–Kier alpha value is -0.810. The molecule has 2 aliphatic rings. The van der Waals surface area contributed by atoms with E-state index in [1.807, 2.05) is 13.8 Å². The van der Waals surface area contributed by atoms with Crippen molar-refractivity contribution < 1.29 is 9.84 Å². The van der Waals surface area contributed by atoms with Gasteiger partial charge in [-0.25, -0.2) is 0 Å². The van der Waals surface area contributed by atoms with Crippen molar-refractivity contribution in [1.29, 1.82) is 0 Å². The Morgan fingerprint density at radius 2 is 2.00 bits per heavy atom. The van der Waals surface area contributed by atoms with Crippen LogP contribution in [0.5, 0.6) is 0 Å². The summed E-state index contributed by atoms with van der Waals surface area (Å²) in [6.07, 6.45) is 2.94. The van der Waals surface area contributed by atoms with E-state index in [-0.39, 0.29) is 5.41 Å². The van der Waals surface area contributed by atoms with Crippen LogP contribution in [0.3, 0.4) is 0 Å². The summed E-state index contributed by atoms with van der Waals surface area (Å²) in [6.45, 7) is 12.7. The number of aliphatic imine (C=N–C) groups is 1. The fourth-order valence-electron chi connectivity index (χ4n) is 3.78.